The first-order chi connectivity index (χ1) is 6.79. The highest BCUT2D eigenvalue weighted by atomic mass is 32.1. The molecular formula is C9H8N2O2S. The zero-order valence-corrected chi connectivity index (χ0v) is 8.30. The maximum atomic E-state index is 11.0. The van der Waals surface area contributed by atoms with Crippen LogP contribution in [0.15, 0.2) is 29.1 Å². The summed E-state index contributed by atoms with van der Waals surface area (Å²) in [6.45, 7) is 0. The third-order valence-corrected chi connectivity index (χ3v) is 2.54. The van der Waals surface area contributed by atoms with Crippen LogP contribution >= 0.6 is 11.5 Å². The van der Waals surface area contributed by atoms with Crippen LogP contribution in [0.25, 0.3) is 10.6 Å². The van der Waals surface area contributed by atoms with Gasteiger partial charge in [-0.2, -0.15) is 4.37 Å². The Balaban J connectivity index is 2.44. The van der Waals surface area contributed by atoms with E-state index in [1.54, 1.807) is 19.2 Å². The molecule has 14 heavy (non-hydrogen) atoms. The Morgan fingerprint density at radius 3 is 3.00 bits per heavy atom. The number of aromatic nitrogens is 2. The fourth-order valence-electron chi connectivity index (χ4n) is 1.07. The molecule has 0 fully saturated rings. The zero-order chi connectivity index (χ0) is 9.97. The molecule has 0 aliphatic rings. The summed E-state index contributed by atoms with van der Waals surface area (Å²) in [5, 5.41) is 0. The van der Waals surface area contributed by atoms with Crippen molar-refractivity contribution in [1.29, 1.82) is 0 Å². The molecule has 0 spiro atoms. The number of aromatic amines is 1. The fraction of sp³-hybridized carbons (Fsp3) is 0.111. The van der Waals surface area contributed by atoms with Crippen LogP contribution in [-0.2, 0) is 0 Å². The molecule has 0 amide bonds. The molecule has 1 N–H and O–H groups in total. The summed E-state index contributed by atoms with van der Waals surface area (Å²) in [6, 6.07) is 6.80. The molecule has 2 rings (SSSR count). The average Bonchev–Trinajstić information content (AvgIpc) is 2.66. The van der Waals surface area contributed by atoms with Crippen LogP contribution in [0.1, 0.15) is 0 Å². The van der Waals surface area contributed by atoms with Gasteiger partial charge in [0.05, 0.1) is 17.7 Å². The Hall–Kier alpha value is -1.62. The number of methoxy groups -OCH3 is 1. The Kier molecular flexibility index (Phi) is 2.32. The highest BCUT2D eigenvalue weighted by Gasteiger charge is 2.04. The number of pyridine rings is 1. The third-order valence-electron chi connectivity index (χ3n) is 1.73. The molecule has 2 heterocycles. The SMILES string of the molecule is COc1cc(-c2cccc(=O)[nH]2)sn1. The molecule has 0 atom stereocenters. The van der Waals surface area contributed by atoms with E-state index in [1.165, 1.54) is 17.6 Å². The molecule has 5 heteroatoms. The Morgan fingerprint density at radius 1 is 1.50 bits per heavy atom. The van der Waals surface area contributed by atoms with Crippen molar-refractivity contribution in [1.82, 2.24) is 9.36 Å². The molecule has 0 aromatic carbocycles. The second-order valence-corrected chi connectivity index (χ2v) is 3.47. The molecule has 4 nitrogen and oxygen atoms in total. The second kappa shape index (κ2) is 3.63. The monoisotopic (exact) mass is 208 g/mol. The van der Waals surface area contributed by atoms with Gasteiger partial charge in [-0.1, -0.05) is 6.07 Å². The molecule has 0 unspecified atom stereocenters. The first-order valence-corrected chi connectivity index (χ1v) is 4.77. The largest absolute Gasteiger partial charge is 0.480 e. The summed E-state index contributed by atoms with van der Waals surface area (Å²) in [5.41, 5.74) is 0.646. The maximum absolute atomic E-state index is 11.0. The van der Waals surface area contributed by atoms with Crippen molar-refractivity contribution in [2.75, 3.05) is 7.11 Å². The van der Waals surface area contributed by atoms with Gasteiger partial charge in [0.1, 0.15) is 0 Å². The first kappa shape index (κ1) is 8.96. The number of nitrogens with zero attached hydrogens (tertiary/aromatic N) is 1. The van der Waals surface area contributed by atoms with Crippen molar-refractivity contribution in [3.8, 4) is 16.5 Å². The van der Waals surface area contributed by atoms with E-state index >= 15 is 0 Å². The molecule has 0 saturated carbocycles. The lowest BCUT2D eigenvalue weighted by Crippen LogP contribution is -2.02. The quantitative estimate of drug-likeness (QED) is 0.813. The molecular weight excluding hydrogens is 200 g/mol. The predicted molar refractivity (Wildman–Crippen MR) is 54.7 cm³/mol. The van der Waals surface area contributed by atoms with Gasteiger partial charge in [0.15, 0.2) is 0 Å². The van der Waals surface area contributed by atoms with Gasteiger partial charge in [0, 0.05) is 12.1 Å². The average molecular weight is 208 g/mol. The molecule has 0 saturated heterocycles. The lowest BCUT2D eigenvalue weighted by atomic mass is 10.3. The van der Waals surface area contributed by atoms with Crippen molar-refractivity contribution in [2.45, 2.75) is 0 Å². The number of ether oxygens (including phenoxy) is 1. The molecule has 2 aromatic rings. The van der Waals surface area contributed by atoms with E-state index in [0.717, 1.165) is 10.6 Å². The maximum Gasteiger partial charge on any atom is 0.248 e. The van der Waals surface area contributed by atoms with Gasteiger partial charge in [-0.25, -0.2) is 0 Å². The topological polar surface area (TPSA) is 55.0 Å². The Bertz CT molecular complexity index is 489. The van der Waals surface area contributed by atoms with Crippen LogP contribution in [0.3, 0.4) is 0 Å². The van der Waals surface area contributed by atoms with Gasteiger partial charge >= 0.3 is 0 Å². The highest BCUT2D eigenvalue weighted by Crippen LogP contribution is 2.25. The van der Waals surface area contributed by atoms with E-state index in [-0.39, 0.29) is 5.56 Å². The van der Waals surface area contributed by atoms with Crippen LogP contribution in [0, 0.1) is 0 Å². The molecule has 0 aliphatic carbocycles. The molecule has 72 valence electrons. The van der Waals surface area contributed by atoms with Gasteiger partial charge in [-0.15, -0.1) is 0 Å². The number of nitrogens with one attached hydrogen (secondary N) is 1. The van der Waals surface area contributed by atoms with Crippen LogP contribution in [-0.4, -0.2) is 16.5 Å². The van der Waals surface area contributed by atoms with Crippen molar-refractivity contribution in [2.24, 2.45) is 0 Å². The van der Waals surface area contributed by atoms with E-state index in [1.807, 2.05) is 6.07 Å². The first-order valence-electron chi connectivity index (χ1n) is 4.00. The van der Waals surface area contributed by atoms with Gasteiger partial charge in [-0.05, 0) is 17.6 Å². The molecule has 0 aliphatic heterocycles. The number of H-pyrrole nitrogens is 1. The summed E-state index contributed by atoms with van der Waals surface area (Å²) in [6.07, 6.45) is 0. The standard InChI is InChI=1S/C9H8N2O2S/c1-13-9-5-7(14-11-9)6-3-2-4-8(12)10-6/h2-5H,1H3,(H,10,12). The van der Waals surface area contributed by atoms with Gasteiger partial charge in [-0.3, -0.25) is 4.79 Å². The number of hydrogen-bond acceptors (Lipinski definition) is 4. The van der Waals surface area contributed by atoms with Crippen molar-refractivity contribution < 1.29 is 4.74 Å². The minimum Gasteiger partial charge on any atom is -0.480 e. The summed E-state index contributed by atoms with van der Waals surface area (Å²) in [4.78, 5) is 14.6. The summed E-state index contributed by atoms with van der Waals surface area (Å²) >= 11 is 1.29. The lowest BCUT2D eigenvalue weighted by molar-refractivity contribution is 0.403. The minimum atomic E-state index is -0.116. The highest BCUT2D eigenvalue weighted by molar-refractivity contribution is 7.09. The van der Waals surface area contributed by atoms with Gasteiger partial charge < -0.3 is 9.72 Å². The van der Waals surface area contributed by atoms with Crippen LogP contribution < -0.4 is 10.3 Å². The summed E-state index contributed by atoms with van der Waals surface area (Å²) < 4.78 is 8.99. The van der Waals surface area contributed by atoms with E-state index in [9.17, 15) is 4.79 Å². The second-order valence-electron chi connectivity index (χ2n) is 2.66. The van der Waals surface area contributed by atoms with Gasteiger partial charge in [0.25, 0.3) is 0 Å². The normalized spacial score (nSPS) is 10.1. The smallest absolute Gasteiger partial charge is 0.248 e. The summed E-state index contributed by atoms with van der Waals surface area (Å²) in [7, 11) is 1.56. The fourth-order valence-corrected chi connectivity index (χ4v) is 1.76. The summed E-state index contributed by atoms with van der Waals surface area (Å²) in [5.74, 6) is 0.565. The van der Waals surface area contributed by atoms with Gasteiger partial charge in [0.2, 0.25) is 11.4 Å². The Labute approximate surface area is 84.3 Å². The number of rotatable bonds is 2. The van der Waals surface area contributed by atoms with E-state index in [0.29, 0.717) is 5.88 Å². The van der Waals surface area contributed by atoms with Crippen molar-refractivity contribution in [3.63, 3.8) is 0 Å². The van der Waals surface area contributed by atoms with Crippen LogP contribution in [0.4, 0.5) is 0 Å². The molecule has 0 radical (unpaired) electrons. The van der Waals surface area contributed by atoms with Crippen LogP contribution in [0.2, 0.25) is 0 Å². The Morgan fingerprint density at radius 2 is 2.36 bits per heavy atom. The van der Waals surface area contributed by atoms with E-state index in [4.69, 9.17) is 4.74 Å². The number of hydrogen-bond donors (Lipinski definition) is 1. The zero-order valence-electron chi connectivity index (χ0n) is 7.48. The minimum absolute atomic E-state index is 0.116. The van der Waals surface area contributed by atoms with Crippen molar-refractivity contribution in [3.05, 3.63) is 34.6 Å². The third kappa shape index (κ3) is 1.67. The van der Waals surface area contributed by atoms with Crippen molar-refractivity contribution >= 4 is 11.5 Å². The van der Waals surface area contributed by atoms with E-state index < -0.39 is 0 Å². The molecule has 0 bridgehead atoms. The predicted octanol–water partition coefficient (Wildman–Crippen LogP) is 1.51. The molecule has 2 aromatic heterocycles. The lowest BCUT2D eigenvalue weighted by Gasteiger charge is -1.93. The van der Waals surface area contributed by atoms with E-state index in [2.05, 4.69) is 9.36 Å². The van der Waals surface area contributed by atoms with Crippen LogP contribution in [0.5, 0.6) is 5.88 Å².